The molecule has 1 atom stereocenters. The van der Waals surface area contributed by atoms with Crippen molar-refractivity contribution in [2.24, 2.45) is 0 Å². The lowest BCUT2D eigenvalue weighted by molar-refractivity contribution is -0.0630. The number of ether oxygens (including phenoxy) is 1. The Hall–Kier alpha value is -0.680. The Labute approximate surface area is 117 Å². The van der Waals surface area contributed by atoms with E-state index in [2.05, 4.69) is 4.90 Å². The molecule has 0 aliphatic carbocycles. The van der Waals surface area contributed by atoms with Gasteiger partial charge in [-0.3, -0.25) is 4.90 Å². The molecule has 1 aliphatic heterocycles. The van der Waals surface area contributed by atoms with Gasteiger partial charge >= 0.3 is 0 Å². The molecule has 1 N–H and O–H groups in total. The minimum absolute atomic E-state index is 0.384. The summed E-state index contributed by atoms with van der Waals surface area (Å²) in [6.45, 7) is 6.66. The van der Waals surface area contributed by atoms with Crippen LogP contribution < -0.4 is 0 Å². The third-order valence-corrected chi connectivity index (χ3v) is 4.09. The lowest BCUT2D eigenvalue weighted by Gasteiger charge is -2.44. The van der Waals surface area contributed by atoms with Crippen LogP contribution in [0.5, 0.6) is 0 Å². The van der Waals surface area contributed by atoms with Crippen molar-refractivity contribution >= 4 is 11.6 Å². The Morgan fingerprint density at radius 1 is 1.37 bits per heavy atom. The fraction of sp³-hybridized carbons (Fsp3) is 0.571. The summed E-state index contributed by atoms with van der Waals surface area (Å²) >= 11 is 6.07. The van der Waals surface area contributed by atoms with Crippen molar-refractivity contribution in [3.8, 4) is 0 Å². The van der Waals surface area contributed by atoms with Gasteiger partial charge in [-0.05, 0) is 32.0 Å². The van der Waals surface area contributed by atoms with E-state index < -0.39 is 17.5 Å². The first kappa shape index (κ1) is 14.7. The zero-order valence-corrected chi connectivity index (χ0v) is 12.0. The molecule has 1 aromatic carbocycles. The van der Waals surface area contributed by atoms with Gasteiger partial charge in [0.05, 0.1) is 19.3 Å². The molecule has 0 aromatic heterocycles. The summed E-state index contributed by atoms with van der Waals surface area (Å²) in [6.07, 6.45) is -0.853. The third kappa shape index (κ3) is 3.08. The lowest BCUT2D eigenvalue weighted by atomic mass is 9.89. The maximum Gasteiger partial charge on any atom is 0.123 e. The van der Waals surface area contributed by atoms with Crippen LogP contribution in [0.3, 0.4) is 0 Å². The Morgan fingerprint density at radius 3 is 2.63 bits per heavy atom. The second kappa shape index (κ2) is 5.75. The largest absolute Gasteiger partial charge is 0.386 e. The monoisotopic (exact) mass is 287 g/mol. The summed E-state index contributed by atoms with van der Waals surface area (Å²) in [5, 5.41) is 11.0. The highest BCUT2D eigenvalue weighted by Crippen LogP contribution is 2.35. The molecule has 0 saturated carbocycles. The van der Waals surface area contributed by atoms with Gasteiger partial charge in [0.15, 0.2) is 0 Å². The Kier molecular flexibility index (Phi) is 4.46. The number of rotatable bonds is 3. The van der Waals surface area contributed by atoms with E-state index in [1.807, 2.05) is 13.8 Å². The molecule has 3 nitrogen and oxygen atoms in total. The van der Waals surface area contributed by atoms with E-state index in [-0.39, 0.29) is 0 Å². The molecule has 106 valence electrons. The molecule has 0 bridgehead atoms. The van der Waals surface area contributed by atoms with Gasteiger partial charge in [-0.2, -0.15) is 0 Å². The normalized spacial score (nSPS) is 19.4. The quantitative estimate of drug-likeness (QED) is 0.928. The van der Waals surface area contributed by atoms with Crippen molar-refractivity contribution in [2.45, 2.75) is 25.5 Å². The molecule has 0 amide bonds. The van der Waals surface area contributed by atoms with Crippen molar-refractivity contribution in [3.63, 3.8) is 0 Å². The van der Waals surface area contributed by atoms with E-state index >= 15 is 0 Å². The predicted octanol–water partition coefficient (Wildman–Crippen LogP) is 2.62. The zero-order valence-electron chi connectivity index (χ0n) is 11.2. The van der Waals surface area contributed by atoms with Crippen LogP contribution in [0.1, 0.15) is 25.5 Å². The van der Waals surface area contributed by atoms with E-state index in [1.165, 1.54) is 18.2 Å². The van der Waals surface area contributed by atoms with Crippen LogP contribution in [0.2, 0.25) is 5.02 Å². The number of nitrogens with zero attached hydrogens (tertiary/aromatic N) is 1. The molecular weight excluding hydrogens is 269 g/mol. The molecule has 0 radical (unpaired) electrons. The van der Waals surface area contributed by atoms with E-state index in [0.29, 0.717) is 23.8 Å². The van der Waals surface area contributed by atoms with Gasteiger partial charge in [0.2, 0.25) is 0 Å². The van der Waals surface area contributed by atoms with Crippen molar-refractivity contribution in [1.29, 1.82) is 0 Å². The fourth-order valence-electron chi connectivity index (χ4n) is 2.42. The standard InChI is InChI=1S/C14H19ClFNO2/c1-14(2,17-5-7-19-8-6-17)13(18)11-9-10(16)3-4-12(11)15/h3-4,9,13,18H,5-8H2,1-2H3. The van der Waals surface area contributed by atoms with Crippen LogP contribution in [0, 0.1) is 5.82 Å². The minimum atomic E-state index is -0.853. The van der Waals surface area contributed by atoms with E-state index in [1.54, 1.807) is 0 Å². The zero-order chi connectivity index (χ0) is 14.0. The first-order chi connectivity index (χ1) is 8.93. The molecule has 1 heterocycles. The smallest absolute Gasteiger partial charge is 0.123 e. The van der Waals surface area contributed by atoms with E-state index in [4.69, 9.17) is 16.3 Å². The van der Waals surface area contributed by atoms with E-state index in [0.717, 1.165) is 13.1 Å². The van der Waals surface area contributed by atoms with Crippen LogP contribution in [0.4, 0.5) is 4.39 Å². The first-order valence-corrected chi connectivity index (χ1v) is 6.76. The number of morpholine rings is 1. The second-order valence-electron chi connectivity index (χ2n) is 5.32. The molecule has 2 rings (SSSR count). The van der Waals surface area contributed by atoms with Crippen LogP contribution in [0.15, 0.2) is 18.2 Å². The van der Waals surface area contributed by atoms with Gasteiger partial charge in [0.1, 0.15) is 5.82 Å². The lowest BCUT2D eigenvalue weighted by Crippen LogP contribution is -2.53. The average molecular weight is 288 g/mol. The summed E-state index contributed by atoms with van der Waals surface area (Å²) in [5.74, 6) is -0.392. The molecule has 5 heteroatoms. The fourth-order valence-corrected chi connectivity index (χ4v) is 2.64. The molecule has 0 spiro atoms. The first-order valence-electron chi connectivity index (χ1n) is 6.38. The average Bonchev–Trinajstić information content (AvgIpc) is 2.41. The number of hydrogen-bond acceptors (Lipinski definition) is 3. The Bertz CT molecular complexity index is 447. The van der Waals surface area contributed by atoms with Gasteiger partial charge in [0.25, 0.3) is 0 Å². The van der Waals surface area contributed by atoms with Crippen molar-refractivity contribution < 1.29 is 14.2 Å². The molecule has 1 fully saturated rings. The van der Waals surface area contributed by atoms with Crippen LogP contribution in [-0.2, 0) is 4.74 Å². The number of aliphatic hydroxyl groups excluding tert-OH is 1. The van der Waals surface area contributed by atoms with Crippen LogP contribution in [-0.4, -0.2) is 41.8 Å². The van der Waals surface area contributed by atoms with Crippen molar-refractivity contribution in [3.05, 3.63) is 34.6 Å². The number of halogens is 2. The van der Waals surface area contributed by atoms with Gasteiger partial charge in [-0.25, -0.2) is 4.39 Å². The summed E-state index contributed by atoms with van der Waals surface area (Å²) in [6, 6.07) is 4.07. The topological polar surface area (TPSA) is 32.7 Å². The molecule has 1 unspecified atom stereocenters. The molecule has 1 aliphatic rings. The summed E-state index contributed by atoms with van der Waals surface area (Å²) in [5.41, 5.74) is -0.0977. The third-order valence-electron chi connectivity index (χ3n) is 3.75. The van der Waals surface area contributed by atoms with Gasteiger partial charge in [-0.15, -0.1) is 0 Å². The highest BCUT2D eigenvalue weighted by atomic mass is 35.5. The molecule has 1 aromatic rings. The maximum absolute atomic E-state index is 13.3. The predicted molar refractivity (Wildman–Crippen MR) is 72.8 cm³/mol. The van der Waals surface area contributed by atoms with Crippen molar-refractivity contribution in [2.75, 3.05) is 26.3 Å². The summed E-state index contributed by atoms with van der Waals surface area (Å²) < 4.78 is 18.6. The van der Waals surface area contributed by atoms with E-state index in [9.17, 15) is 9.50 Å². The van der Waals surface area contributed by atoms with Gasteiger partial charge < -0.3 is 9.84 Å². The SMILES string of the molecule is CC(C)(C(O)c1cc(F)ccc1Cl)N1CCOCC1. The van der Waals surface area contributed by atoms with Gasteiger partial charge in [0, 0.05) is 29.2 Å². The van der Waals surface area contributed by atoms with Gasteiger partial charge in [-0.1, -0.05) is 11.6 Å². The van der Waals surface area contributed by atoms with Crippen molar-refractivity contribution in [1.82, 2.24) is 4.90 Å². The maximum atomic E-state index is 13.3. The number of aliphatic hydroxyl groups is 1. The van der Waals surface area contributed by atoms with Crippen LogP contribution >= 0.6 is 11.6 Å². The Balaban J connectivity index is 2.25. The molecule has 1 saturated heterocycles. The molecule has 19 heavy (non-hydrogen) atoms. The number of benzene rings is 1. The highest BCUT2D eigenvalue weighted by molar-refractivity contribution is 6.31. The summed E-state index contributed by atoms with van der Waals surface area (Å²) in [4.78, 5) is 2.14. The minimum Gasteiger partial charge on any atom is -0.386 e. The van der Waals surface area contributed by atoms with Crippen LogP contribution in [0.25, 0.3) is 0 Å². The summed E-state index contributed by atoms with van der Waals surface area (Å²) in [7, 11) is 0. The second-order valence-corrected chi connectivity index (χ2v) is 5.73. The molecular formula is C14H19ClFNO2. The highest BCUT2D eigenvalue weighted by Gasteiger charge is 2.37. The number of hydrogen-bond donors (Lipinski definition) is 1. The Morgan fingerprint density at radius 2 is 2.00 bits per heavy atom.